The second-order valence-corrected chi connectivity index (χ2v) is 6.72. The van der Waals surface area contributed by atoms with Crippen molar-refractivity contribution in [3.8, 4) is 5.75 Å². The maximum Gasteiger partial charge on any atom is 0.227 e. The number of methoxy groups -OCH3 is 1. The zero-order valence-corrected chi connectivity index (χ0v) is 13.4. The molecule has 1 unspecified atom stereocenters. The molecule has 0 bridgehead atoms. The Morgan fingerprint density at radius 1 is 1.27 bits per heavy atom. The predicted octanol–water partition coefficient (Wildman–Crippen LogP) is 2.23. The van der Waals surface area contributed by atoms with E-state index in [9.17, 15) is 4.79 Å². The molecule has 0 aliphatic carbocycles. The number of ether oxygens (including phenoxy) is 1. The maximum absolute atomic E-state index is 12.6. The fourth-order valence-electron chi connectivity index (χ4n) is 3.83. The van der Waals surface area contributed by atoms with Gasteiger partial charge in [0.25, 0.3) is 0 Å². The Hall–Kier alpha value is -1.55. The van der Waals surface area contributed by atoms with Gasteiger partial charge >= 0.3 is 0 Å². The standard InChI is InChI=1S/C18H26N2O2/c1-22-16-6-4-15(5-7-16)12-17(21)20-11-3-9-18(14-20)8-2-10-19-13-18/h4-7,19H,2-3,8-14H2,1H3. The van der Waals surface area contributed by atoms with E-state index in [2.05, 4.69) is 10.2 Å². The first-order valence-corrected chi connectivity index (χ1v) is 8.32. The smallest absolute Gasteiger partial charge is 0.227 e. The van der Waals surface area contributed by atoms with E-state index >= 15 is 0 Å². The number of nitrogens with zero attached hydrogens (tertiary/aromatic N) is 1. The number of carbonyl (C=O) groups excluding carboxylic acids is 1. The van der Waals surface area contributed by atoms with Crippen LogP contribution < -0.4 is 10.1 Å². The molecule has 1 aromatic carbocycles. The summed E-state index contributed by atoms with van der Waals surface area (Å²) in [4.78, 5) is 14.7. The van der Waals surface area contributed by atoms with E-state index in [0.29, 0.717) is 11.8 Å². The third kappa shape index (κ3) is 3.43. The molecule has 2 aliphatic rings. The average molecular weight is 302 g/mol. The molecule has 0 radical (unpaired) electrons. The summed E-state index contributed by atoms with van der Waals surface area (Å²) in [5.74, 6) is 1.09. The number of amides is 1. The minimum atomic E-state index is 0.259. The molecule has 2 saturated heterocycles. The van der Waals surface area contributed by atoms with Gasteiger partial charge in [-0.3, -0.25) is 4.79 Å². The van der Waals surface area contributed by atoms with Gasteiger partial charge in [0.2, 0.25) is 5.91 Å². The zero-order valence-electron chi connectivity index (χ0n) is 13.4. The van der Waals surface area contributed by atoms with Crippen LogP contribution >= 0.6 is 0 Å². The summed E-state index contributed by atoms with van der Waals surface area (Å²) in [5.41, 5.74) is 1.39. The lowest BCUT2D eigenvalue weighted by atomic mass is 9.74. The van der Waals surface area contributed by atoms with Gasteiger partial charge in [0.15, 0.2) is 0 Å². The topological polar surface area (TPSA) is 41.6 Å². The molecule has 2 heterocycles. The number of rotatable bonds is 3. The Labute approximate surface area is 132 Å². The average Bonchev–Trinajstić information content (AvgIpc) is 2.56. The van der Waals surface area contributed by atoms with Crippen molar-refractivity contribution in [3.63, 3.8) is 0 Å². The van der Waals surface area contributed by atoms with Crippen molar-refractivity contribution < 1.29 is 9.53 Å². The number of nitrogens with one attached hydrogen (secondary N) is 1. The van der Waals surface area contributed by atoms with Crippen molar-refractivity contribution in [1.29, 1.82) is 0 Å². The largest absolute Gasteiger partial charge is 0.497 e. The summed E-state index contributed by atoms with van der Waals surface area (Å²) in [7, 11) is 1.66. The van der Waals surface area contributed by atoms with Gasteiger partial charge in [-0.1, -0.05) is 12.1 Å². The van der Waals surface area contributed by atoms with Crippen LogP contribution in [0, 0.1) is 5.41 Å². The van der Waals surface area contributed by atoms with E-state index in [1.165, 1.54) is 19.3 Å². The first-order valence-electron chi connectivity index (χ1n) is 8.32. The molecule has 1 N–H and O–H groups in total. The van der Waals surface area contributed by atoms with Gasteiger partial charge in [-0.05, 0) is 49.9 Å². The van der Waals surface area contributed by atoms with Crippen LogP contribution in [-0.2, 0) is 11.2 Å². The van der Waals surface area contributed by atoms with Crippen LogP contribution in [0.25, 0.3) is 0 Å². The molecule has 1 atom stereocenters. The summed E-state index contributed by atoms with van der Waals surface area (Å²) in [6.07, 6.45) is 5.38. The summed E-state index contributed by atoms with van der Waals surface area (Å²) < 4.78 is 5.16. The molecule has 4 nitrogen and oxygen atoms in total. The predicted molar refractivity (Wildman–Crippen MR) is 87.0 cm³/mol. The number of hydrogen-bond acceptors (Lipinski definition) is 3. The summed E-state index contributed by atoms with van der Waals surface area (Å²) in [6, 6.07) is 7.81. The van der Waals surface area contributed by atoms with Crippen molar-refractivity contribution in [2.45, 2.75) is 32.1 Å². The molecule has 1 aromatic rings. The Morgan fingerprint density at radius 3 is 2.73 bits per heavy atom. The fraction of sp³-hybridized carbons (Fsp3) is 0.611. The van der Waals surface area contributed by atoms with E-state index in [1.54, 1.807) is 7.11 Å². The number of benzene rings is 1. The van der Waals surface area contributed by atoms with Gasteiger partial charge in [0, 0.05) is 25.0 Å². The molecule has 22 heavy (non-hydrogen) atoms. The van der Waals surface area contributed by atoms with E-state index in [4.69, 9.17) is 4.74 Å². The third-order valence-corrected chi connectivity index (χ3v) is 5.09. The normalized spacial score (nSPS) is 25.2. The molecule has 120 valence electrons. The zero-order chi connectivity index (χ0) is 15.4. The summed E-state index contributed by atoms with van der Waals surface area (Å²) in [5, 5.41) is 3.52. The highest BCUT2D eigenvalue weighted by Gasteiger charge is 2.37. The number of likely N-dealkylation sites (tertiary alicyclic amines) is 1. The van der Waals surface area contributed by atoms with Crippen molar-refractivity contribution in [1.82, 2.24) is 10.2 Å². The van der Waals surface area contributed by atoms with Gasteiger partial charge in [0.05, 0.1) is 13.5 Å². The van der Waals surface area contributed by atoms with Crippen LogP contribution in [0.2, 0.25) is 0 Å². The minimum Gasteiger partial charge on any atom is -0.497 e. The molecule has 2 fully saturated rings. The monoisotopic (exact) mass is 302 g/mol. The van der Waals surface area contributed by atoms with E-state index in [-0.39, 0.29) is 5.91 Å². The number of piperidine rings is 2. The van der Waals surface area contributed by atoms with Crippen molar-refractivity contribution in [3.05, 3.63) is 29.8 Å². The van der Waals surface area contributed by atoms with Gasteiger partial charge < -0.3 is 15.0 Å². The first kappa shape index (κ1) is 15.3. The lowest BCUT2D eigenvalue weighted by Crippen LogP contribution is -2.52. The molecular formula is C18H26N2O2. The highest BCUT2D eigenvalue weighted by molar-refractivity contribution is 5.79. The summed E-state index contributed by atoms with van der Waals surface area (Å²) in [6.45, 7) is 4.03. The summed E-state index contributed by atoms with van der Waals surface area (Å²) >= 11 is 0. The van der Waals surface area contributed by atoms with Crippen LogP contribution in [0.15, 0.2) is 24.3 Å². The SMILES string of the molecule is COc1ccc(CC(=O)N2CCCC3(CCCNC3)C2)cc1. The molecule has 2 aliphatic heterocycles. The molecule has 0 saturated carbocycles. The van der Waals surface area contributed by atoms with Crippen LogP contribution in [0.4, 0.5) is 0 Å². The fourth-order valence-corrected chi connectivity index (χ4v) is 3.83. The molecule has 0 aromatic heterocycles. The molecule has 1 spiro atoms. The van der Waals surface area contributed by atoms with E-state index in [1.807, 2.05) is 24.3 Å². The maximum atomic E-state index is 12.6. The Kier molecular flexibility index (Phi) is 4.67. The highest BCUT2D eigenvalue weighted by atomic mass is 16.5. The molecular weight excluding hydrogens is 276 g/mol. The Morgan fingerprint density at radius 2 is 2.05 bits per heavy atom. The second kappa shape index (κ2) is 6.69. The van der Waals surface area contributed by atoms with Crippen molar-refractivity contribution in [2.75, 3.05) is 33.3 Å². The van der Waals surface area contributed by atoms with Crippen molar-refractivity contribution in [2.24, 2.45) is 5.41 Å². The van der Waals surface area contributed by atoms with Crippen molar-refractivity contribution >= 4 is 5.91 Å². The number of carbonyl (C=O) groups is 1. The van der Waals surface area contributed by atoms with Gasteiger partial charge in [-0.2, -0.15) is 0 Å². The van der Waals surface area contributed by atoms with Crippen LogP contribution in [0.1, 0.15) is 31.2 Å². The van der Waals surface area contributed by atoms with Gasteiger partial charge in [-0.15, -0.1) is 0 Å². The Balaban J connectivity index is 1.61. The minimum absolute atomic E-state index is 0.259. The van der Waals surface area contributed by atoms with Crippen LogP contribution in [0.5, 0.6) is 5.75 Å². The van der Waals surface area contributed by atoms with Crippen LogP contribution in [-0.4, -0.2) is 44.1 Å². The van der Waals surface area contributed by atoms with Gasteiger partial charge in [0.1, 0.15) is 5.75 Å². The molecule has 3 rings (SSSR count). The lowest BCUT2D eigenvalue weighted by Gasteiger charge is -2.45. The van der Waals surface area contributed by atoms with E-state index in [0.717, 1.165) is 43.9 Å². The Bertz CT molecular complexity index is 501. The second-order valence-electron chi connectivity index (χ2n) is 6.72. The van der Waals surface area contributed by atoms with E-state index < -0.39 is 0 Å². The highest BCUT2D eigenvalue weighted by Crippen LogP contribution is 2.36. The molecule has 1 amide bonds. The van der Waals surface area contributed by atoms with Gasteiger partial charge in [-0.25, -0.2) is 0 Å². The number of hydrogen-bond donors (Lipinski definition) is 1. The van der Waals surface area contributed by atoms with Crippen LogP contribution in [0.3, 0.4) is 0 Å². The quantitative estimate of drug-likeness (QED) is 0.931. The lowest BCUT2D eigenvalue weighted by molar-refractivity contribution is -0.134. The first-order chi connectivity index (χ1) is 10.7. The molecule has 4 heteroatoms. The third-order valence-electron chi connectivity index (χ3n) is 5.09.